The first kappa shape index (κ1) is 8.94. The molecule has 0 aromatic heterocycles. The fourth-order valence-corrected chi connectivity index (χ4v) is 1.73. The molecule has 0 aromatic carbocycles. The van der Waals surface area contributed by atoms with E-state index in [1.165, 1.54) is 0 Å². The maximum absolute atomic E-state index is 12.4. The SMILES string of the molecule is NCCC(CF)C1CCNC1. The lowest BCUT2D eigenvalue weighted by atomic mass is 9.90. The van der Waals surface area contributed by atoms with Gasteiger partial charge in [-0.1, -0.05) is 0 Å². The van der Waals surface area contributed by atoms with E-state index in [4.69, 9.17) is 5.73 Å². The highest BCUT2D eigenvalue weighted by molar-refractivity contribution is 4.78. The fraction of sp³-hybridized carbons (Fsp3) is 1.00. The fourth-order valence-electron chi connectivity index (χ4n) is 1.73. The Morgan fingerprint density at radius 1 is 1.64 bits per heavy atom. The highest BCUT2D eigenvalue weighted by Gasteiger charge is 2.23. The van der Waals surface area contributed by atoms with Crippen molar-refractivity contribution in [3.8, 4) is 0 Å². The molecule has 1 heterocycles. The second-order valence-corrected chi connectivity index (χ2v) is 3.24. The zero-order valence-corrected chi connectivity index (χ0v) is 6.85. The largest absolute Gasteiger partial charge is 0.330 e. The van der Waals surface area contributed by atoms with Crippen LogP contribution in [-0.2, 0) is 0 Å². The van der Waals surface area contributed by atoms with E-state index in [9.17, 15) is 4.39 Å². The van der Waals surface area contributed by atoms with E-state index in [-0.39, 0.29) is 12.6 Å². The predicted octanol–water partition coefficient (Wildman–Crippen LogP) is 0.530. The smallest absolute Gasteiger partial charge is 0.0926 e. The lowest BCUT2D eigenvalue weighted by Crippen LogP contribution is -2.22. The monoisotopic (exact) mass is 160 g/mol. The Morgan fingerprint density at radius 2 is 2.45 bits per heavy atom. The number of alkyl halides is 1. The van der Waals surface area contributed by atoms with Gasteiger partial charge in [0.1, 0.15) is 0 Å². The van der Waals surface area contributed by atoms with Gasteiger partial charge in [0, 0.05) is 0 Å². The van der Waals surface area contributed by atoms with Gasteiger partial charge in [0.15, 0.2) is 0 Å². The first-order valence-electron chi connectivity index (χ1n) is 4.35. The van der Waals surface area contributed by atoms with E-state index in [0.29, 0.717) is 12.5 Å². The van der Waals surface area contributed by atoms with Gasteiger partial charge in [-0.2, -0.15) is 0 Å². The van der Waals surface area contributed by atoms with E-state index in [1.807, 2.05) is 0 Å². The number of nitrogens with two attached hydrogens (primary N) is 1. The molecule has 1 aliphatic heterocycles. The third-order valence-corrected chi connectivity index (χ3v) is 2.50. The molecule has 3 heteroatoms. The average Bonchev–Trinajstić information content (AvgIpc) is 2.52. The molecular formula is C8H17FN2. The lowest BCUT2D eigenvalue weighted by molar-refractivity contribution is 0.261. The molecule has 1 rings (SSSR count). The van der Waals surface area contributed by atoms with E-state index >= 15 is 0 Å². The average molecular weight is 160 g/mol. The normalized spacial score (nSPS) is 27.3. The number of rotatable bonds is 4. The molecule has 1 fully saturated rings. The van der Waals surface area contributed by atoms with Crippen LogP contribution in [0.25, 0.3) is 0 Å². The Labute approximate surface area is 67.3 Å². The summed E-state index contributed by atoms with van der Waals surface area (Å²) in [6, 6.07) is 0. The summed E-state index contributed by atoms with van der Waals surface area (Å²) in [4.78, 5) is 0. The van der Waals surface area contributed by atoms with Gasteiger partial charge < -0.3 is 11.1 Å². The minimum atomic E-state index is -0.205. The summed E-state index contributed by atoms with van der Waals surface area (Å²) in [7, 11) is 0. The van der Waals surface area contributed by atoms with Crippen LogP contribution in [0.1, 0.15) is 12.8 Å². The van der Waals surface area contributed by atoms with E-state index in [2.05, 4.69) is 5.32 Å². The first-order valence-corrected chi connectivity index (χ1v) is 4.35. The zero-order valence-electron chi connectivity index (χ0n) is 6.85. The Balaban J connectivity index is 2.27. The third-order valence-electron chi connectivity index (χ3n) is 2.50. The number of hydrogen-bond donors (Lipinski definition) is 2. The second-order valence-electron chi connectivity index (χ2n) is 3.24. The molecule has 1 saturated heterocycles. The Morgan fingerprint density at radius 3 is 2.91 bits per heavy atom. The minimum absolute atomic E-state index is 0.204. The van der Waals surface area contributed by atoms with Crippen LogP contribution in [0, 0.1) is 11.8 Å². The van der Waals surface area contributed by atoms with Crippen LogP contribution in [0.2, 0.25) is 0 Å². The van der Waals surface area contributed by atoms with Gasteiger partial charge in [-0.05, 0) is 44.3 Å². The molecule has 3 N–H and O–H groups in total. The summed E-state index contributed by atoms with van der Waals surface area (Å²) in [6.45, 7) is 2.44. The quantitative estimate of drug-likeness (QED) is 0.629. The first-order chi connectivity index (χ1) is 5.38. The summed E-state index contributed by atoms with van der Waals surface area (Å²) in [5, 5.41) is 3.24. The molecule has 2 unspecified atom stereocenters. The van der Waals surface area contributed by atoms with Gasteiger partial charge in [-0.25, -0.2) is 0 Å². The van der Waals surface area contributed by atoms with Crippen LogP contribution in [-0.4, -0.2) is 26.3 Å². The highest BCUT2D eigenvalue weighted by atomic mass is 19.1. The van der Waals surface area contributed by atoms with Gasteiger partial charge in [-0.15, -0.1) is 0 Å². The van der Waals surface area contributed by atoms with Crippen molar-refractivity contribution in [1.29, 1.82) is 0 Å². The Hall–Kier alpha value is -0.150. The van der Waals surface area contributed by atoms with Crippen LogP contribution in [0.3, 0.4) is 0 Å². The summed E-state index contributed by atoms with van der Waals surface area (Å²) >= 11 is 0. The van der Waals surface area contributed by atoms with Crippen molar-refractivity contribution in [3.05, 3.63) is 0 Å². The molecule has 0 spiro atoms. The van der Waals surface area contributed by atoms with Gasteiger partial charge in [0.25, 0.3) is 0 Å². The van der Waals surface area contributed by atoms with Crippen LogP contribution < -0.4 is 11.1 Å². The van der Waals surface area contributed by atoms with Crippen molar-refractivity contribution in [2.24, 2.45) is 17.6 Å². The van der Waals surface area contributed by atoms with Crippen molar-refractivity contribution in [2.45, 2.75) is 12.8 Å². The third kappa shape index (κ3) is 2.42. The topological polar surface area (TPSA) is 38.0 Å². The second kappa shape index (κ2) is 4.67. The van der Waals surface area contributed by atoms with Crippen LogP contribution in [0.5, 0.6) is 0 Å². The lowest BCUT2D eigenvalue weighted by Gasteiger charge is -2.18. The van der Waals surface area contributed by atoms with Gasteiger partial charge in [0.05, 0.1) is 6.67 Å². The van der Waals surface area contributed by atoms with Crippen LogP contribution >= 0.6 is 0 Å². The number of halogens is 1. The van der Waals surface area contributed by atoms with Crippen LogP contribution in [0.15, 0.2) is 0 Å². The Kier molecular flexibility index (Phi) is 3.80. The molecular weight excluding hydrogens is 143 g/mol. The molecule has 0 saturated carbocycles. The van der Waals surface area contributed by atoms with Crippen molar-refractivity contribution < 1.29 is 4.39 Å². The summed E-state index contributed by atoms with van der Waals surface area (Å²) in [5.41, 5.74) is 5.39. The van der Waals surface area contributed by atoms with E-state index in [0.717, 1.165) is 25.9 Å². The standard InChI is InChI=1S/C8H17FN2/c9-5-7(1-3-10)8-2-4-11-6-8/h7-8,11H,1-6,10H2. The van der Waals surface area contributed by atoms with Gasteiger partial charge >= 0.3 is 0 Å². The summed E-state index contributed by atoms with van der Waals surface area (Å²) in [5.74, 6) is 0.735. The van der Waals surface area contributed by atoms with Crippen LogP contribution in [0.4, 0.5) is 4.39 Å². The number of hydrogen-bond acceptors (Lipinski definition) is 2. The maximum atomic E-state index is 12.4. The molecule has 0 radical (unpaired) electrons. The molecule has 0 bridgehead atoms. The highest BCUT2D eigenvalue weighted by Crippen LogP contribution is 2.21. The van der Waals surface area contributed by atoms with Gasteiger partial charge in [-0.3, -0.25) is 4.39 Å². The minimum Gasteiger partial charge on any atom is -0.330 e. The molecule has 0 aliphatic carbocycles. The zero-order chi connectivity index (χ0) is 8.10. The molecule has 0 amide bonds. The predicted molar refractivity (Wildman–Crippen MR) is 44.1 cm³/mol. The van der Waals surface area contributed by atoms with Crippen molar-refractivity contribution in [1.82, 2.24) is 5.32 Å². The maximum Gasteiger partial charge on any atom is 0.0926 e. The van der Waals surface area contributed by atoms with Crippen molar-refractivity contribution in [2.75, 3.05) is 26.3 Å². The van der Waals surface area contributed by atoms with Gasteiger partial charge in [0.2, 0.25) is 0 Å². The molecule has 2 atom stereocenters. The van der Waals surface area contributed by atoms with Crippen molar-refractivity contribution in [3.63, 3.8) is 0 Å². The molecule has 66 valence electrons. The van der Waals surface area contributed by atoms with E-state index < -0.39 is 0 Å². The molecule has 11 heavy (non-hydrogen) atoms. The van der Waals surface area contributed by atoms with E-state index in [1.54, 1.807) is 0 Å². The molecule has 1 aliphatic rings. The van der Waals surface area contributed by atoms with Crippen molar-refractivity contribution >= 4 is 0 Å². The molecule has 0 aromatic rings. The number of nitrogens with one attached hydrogen (secondary N) is 1. The summed E-state index contributed by atoms with van der Waals surface area (Å²) in [6.07, 6.45) is 1.96. The Bertz CT molecular complexity index is 102. The summed E-state index contributed by atoms with van der Waals surface area (Å²) < 4.78 is 12.4. The molecule has 2 nitrogen and oxygen atoms in total.